The van der Waals surface area contributed by atoms with Gasteiger partial charge in [0.15, 0.2) is 0 Å². The first-order valence-electron chi connectivity index (χ1n) is 4.21. The van der Waals surface area contributed by atoms with E-state index in [0.29, 0.717) is 13.1 Å². The lowest BCUT2D eigenvalue weighted by atomic mass is 10.2. The summed E-state index contributed by atoms with van der Waals surface area (Å²) < 4.78 is 0. The summed E-state index contributed by atoms with van der Waals surface area (Å²) in [5.74, 6) is 0.159. The van der Waals surface area contributed by atoms with Gasteiger partial charge in [0.2, 0.25) is 0 Å². The van der Waals surface area contributed by atoms with E-state index in [0.717, 1.165) is 6.54 Å². The molecule has 0 N–H and O–H groups in total. The summed E-state index contributed by atoms with van der Waals surface area (Å²) in [6, 6.07) is 2.15. The monoisotopic (exact) mass is 168 g/mol. The van der Waals surface area contributed by atoms with Crippen LogP contribution in [0.3, 0.4) is 0 Å². The second kappa shape index (κ2) is 5.73. The van der Waals surface area contributed by atoms with Crippen LogP contribution in [0, 0.1) is 17.2 Å². The summed E-state index contributed by atoms with van der Waals surface area (Å²) in [6.45, 7) is 7.40. The van der Waals surface area contributed by atoms with E-state index in [4.69, 9.17) is 5.26 Å². The predicted molar refractivity (Wildman–Crippen MR) is 47.6 cm³/mol. The fourth-order valence-corrected chi connectivity index (χ4v) is 1.05. The molecule has 0 aromatic carbocycles. The SMILES string of the molecule is CCN(CC(C)=O)CC(C)C#N. The lowest BCUT2D eigenvalue weighted by Gasteiger charge is -2.19. The van der Waals surface area contributed by atoms with Crippen molar-refractivity contribution in [3.63, 3.8) is 0 Å². The highest BCUT2D eigenvalue weighted by atomic mass is 16.1. The van der Waals surface area contributed by atoms with Gasteiger partial charge in [0.1, 0.15) is 5.78 Å². The number of rotatable bonds is 5. The largest absolute Gasteiger partial charge is 0.299 e. The summed E-state index contributed by atoms with van der Waals surface area (Å²) in [7, 11) is 0. The standard InChI is InChI=1S/C9H16N2O/c1-4-11(7-9(3)12)6-8(2)5-10/h8H,4,6-7H2,1-3H3. The maximum Gasteiger partial charge on any atom is 0.143 e. The van der Waals surface area contributed by atoms with E-state index in [9.17, 15) is 4.79 Å². The fraction of sp³-hybridized carbons (Fsp3) is 0.778. The third-order valence-electron chi connectivity index (χ3n) is 1.65. The van der Waals surface area contributed by atoms with Crippen LogP contribution in [0.2, 0.25) is 0 Å². The molecule has 0 aromatic rings. The summed E-state index contributed by atoms with van der Waals surface area (Å²) >= 11 is 0. The Labute approximate surface area is 74.0 Å². The van der Waals surface area contributed by atoms with Crippen LogP contribution in [0.15, 0.2) is 0 Å². The van der Waals surface area contributed by atoms with Crippen molar-refractivity contribution in [2.45, 2.75) is 20.8 Å². The molecule has 0 aliphatic rings. The van der Waals surface area contributed by atoms with Gasteiger partial charge in [0.25, 0.3) is 0 Å². The molecule has 0 bridgehead atoms. The molecule has 1 atom stereocenters. The molecule has 0 saturated heterocycles. The van der Waals surface area contributed by atoms with Crippen molar-refractivity contribution in [2.24, 2.45) is 5.92 Å². The minimum atomic E-state index is 0.00398. The number of Topliss-reactive ketones (excluding diaryl/α,β-unsaturated/α-hetero) is 1. The molecule has 0 aliphatic carbocycles. The molecule has 0 rings (SSSR count). The van der Waals surface area contributed by atoms with E-state index >= 15 is 0 Å². The van der Waals surface area contributed by atoms with Gasteiger partial charge < -0.3 is 0 Å². The molecule has 0 aromatic heterocycles. The Morgan fingerprint density at radius 1 is 1.67 bits per heavy atom. The van der Waals surface area contributed by atoms with Crippen LogP contribution < -0.4 is 0 Å². The fourth-order valence-electron chi connectivity index (χ4n) is 1.05. The summed E-state index contributed by atoms with van der Waals surface area (Å²) in [5, 5.41) is 8.55. The number of carbonyl (C=O) groups excluding carboxylic acids is 1. The number of likely N-dealkylation sites (N-methyl/N-ethyl adjacent to an activating group) is 1. The second-order valence-corrected chi connectivity index (χ2v) is 3.06. The number of hydrogen-bond acceptors (Lipinski definition) is 3. The molecule has 3 nitrogen and oxygen atoms in total. The third kappa shape index (κ3) is 4.86. The molecule has 0 aliphatic heterocycles. The number of ketones is 1. The first-order valence-corrected chi connectivity index (χ1v) is 4.21. The van der Waals surface area contributed by atoms with E-state index in [-0.39, 0.29) is 11.7 Å². The maximum absolute atomic E-state index is 10.8. The van der Waals surface area contributed by atoms with Crippen LogP contribution in [0.5, 0.6) is 0 Å². The Morgan fingerprint density at radius 2 is 2.25 bits per heavy atom. The average molecular weight is 168 g/mol. The molecular formula is C9H16N2O. The normalized spacial score (nSPS) is 12.6. The highest BCUT2D eigenvalue weighted by Gasteiger charge is 2.08. The van der Waals surface area contributed by atoms with Crippen molar-refractivity contribution < 1.29 is 4.79 Å². The molecule has 12 heavy (non-hydrogen) atoms. The van der Waals surface area contributed by atoms with Gasteiger partial charge >= 0.3 is 0 Å². The minimum absolute atomic E-state index is 0.00398. The lowest BCUT2D eigenvalue weighted by Crippen LogP contribution is -2.32. The van der Waals surface area contributed by atoms with Gasteiger partial charge in [-0.2, -0.15) is 5.26 Å². The zero-order valence-corrected chi connectivity index (χ0v) is 8.00. The van der Waals surface area contributed by atoms with Crippen molar-refractivity contribution in [1.82, 2.24) is 4.90 Å². The lowest BCUT2D eigenvalue weighted by molar-refractivity contribution is -0.118. The van der Waals surface area contributed by atoms with Crippen LogP contribution in [-0.2, 0) is 4.79 Å². The van der Waals surface area contributed by atoms with E-state index in [2.05, 4.69) is 6.07 Å². The van der Waals surface area contributed by atoms with E-state index < -0.39 is 0 Å². The molecule has 3 heteroatoms. The van der Waals surface area contributed by atoms with Crippen LogP contribution in [-0.4, -0.2) is 30.3 Å². The molecule has 0 amide bonds. The van der Waals surface area contributed by atoms with Crippen LogP contribution in [0.4, 0.5) is 0 Å². The van der Waals surface area contributed by atoms with Crippen molar-refractivity contribution in [3.8, 4) is 6.07 Å². The summed E-state index contributed by atoms with van der Waals surface area (Å²) in [5.41, 5.74) is 0. The molecule has 0 fully saturated rings. The molecule has 0 radical (unpaired) electrons. The summed E-state index contributed by atoms with van der Waals surface area (Å²) in [4.78, 5) is 12.7. The predicted octanol–water partition coefficient (Wildman–Crippen LogP) is 1.06. The molecule has 1 unspecified atom stereocenters. The number of hydrogen-bond donors (Lipinski definition) is 0. The van der Waals surface area contributed by atoms with Gasteiger partial charge in [0.05, 0.1) is 18.5 Å². The van der Waals surface area contributed by atoms with E-state index in [1.54, 1.807) is 6.92 Å². The Hall–Kier alpha value is -0.880. The van der Waals surface area contributed by atoms with Gasteiger partial charge in [-0.25, -0.2) is 0 Å². The topological polar surface area (TPSA) is 44.1 Å². The maximum atomic E-state index is 10.8. The number of carbonyl (C=O) groups is 1. The van der Waals surface area contributed by atoms with Gasteiger partial charge in [-0.05, 0) is 20.4 Å². The van der Waals surface area contributed by atoms with Crippen molar-refractivity contribution in [2.75, 3.05) is 19.6 Å². The highest BCUT2D eigenvalue weighted by Crippen LogP contribution is 1.97. The van der Waals surface area contributed by atoms with Crippen LogP contribution in [0.1, 0.15) is 20.8 Å². The molecular weight excluding hydrogens is 152 g/mol. The zero-order chi connectivity index (χ0) is 9.56. The first kappa shape index (κ1) is 11.1. The highest BCUT2D eigenvalue weighted by molar-refractivity contribution is 5.77. The van der Waals surface area contributed by atoms with Crippen molar-refractivity contribution >= 4 is 5.78 Å². The number of nitrogens with zero attached hydrogens (tertiary/aromatic N) is 2. The molecule has 0 spiro atoms. The zero-order valence-electron chi connectivity index (χ0n) is 8.00. The smallest absolute Gasteiger partial charge is 0.143 e. The van der Waals surface area contributed by atoms with Crippen molar-refractivity contribution in [3.05, 3.63) is 0 Å². The number of nitriles is 1. The minimum Gasteiger partial charge on any atom is -0.299 e. The van der Waals surface area contributed by atoms with Crippen molar-refractivity contribution in [1.29, 1.82) is 5.26 Å². The van der Waals surface area contributed by atoms with Gasteiger partial charge in [-0.1, -0.05) is 6.92 Å². The van der Waals surface area contributed by atoms with Gasteiger partial charge in [-0.3, -0.25) is 9.69 Å². The summed E-state index contributed by atoms with van der Waals surface area (Å²) in [6.07, 6.45) is 0. The first-order chi connectivity index (χ1) is 5.60. The van der Waals surface area contributed by atoms with E-state index in [1.165, 1.54) is 0 Å². The van der Waals surface area contributed by atoms with Gasteiger partial charge in [-0.15, -0.1) is 0 Å². The van der Waals surface area contributed by atoms with Crippen LogP contribution >= 0.6 is 0 Å². The quantitative estimate of drug-likeness (QED) is 0.616. The van der Waals surface area contributed by atoms with Crippen LogP contribution in [0.25, 0.3) is 0 Å². The molecule has 0 heterocycles. The molecule has 0 saturated carbocycles. The van der Waals surface area contributed by atoms with Gasteiger partial charge in [0, 0.05) is 6.54 Å². The Balaban J connectivity index is 3.84. The molecule has 68 valence electrons. The van der Waals surface area contributed by atoms with E-state index in [1.807, 2.05) is 18.7 Å². The Kier molecular flexibility index (Phi) is 5.31. The Morgan fingerprint density at radius 3 is 2.58 bits per heavy atom. The third-order valence-corrected chi connectivity index (χ3v) is 1.65. The average Bonchev–Trinajstić information content (AvgIpc) is 2.02. The Bertz CT molecular complexity index is 183. The second-order valence-electron chi connectivity index (χ2n) is 3.06.